The summed E-state index contributed by atoms with van der Waals surface area (Å²) in [7, 11) is -1.49. The van der Waals surface area contributed by atoms with Crippen LogP contribution in [0.4, 0.5) is 13.2 Å². The lowest BCUT2D eigenvalue weighted by Gasteiger charge is -2.29. The minimum atomic E-state index is -4.43. The van der Waals surface area contributed by atoms with Gasteiger partial charge in [0.25, 0.3) is 0 Å². The van der Waals surface area contributed by atoms with Crippen LogP contribution in [0.1, 0.15) is 35.7 Å². The van der Waals surface area contributed by atoms with E-state index in [0.717, 1.165) is 0 Å². The fourth-order valence-electron chi connectivity index (χ4n) is 2.45. The molecule has 1 heterocycles. The fraction of sp³-hybridized carbons (Fsp3) is 0.467. The van der Waals surface area contributed by atoms with Gasteiger partial charge in [0.15, 0.2) is 0 Å². The summed E-state index contributed by atoms with van der Waals surface area (Å²) >= 11 is 0. The Kier molecular flexibility index (Phi) is 5.94. The lowest BCUT2D eigenvalue weighted by Crippen LogP contribution is -2.53. The molecule has 0 fully saturated rings. The van der Waals surface area contributed by atoms with Crippen molar-refractivity contribution in [3.05, 3.63) is 29.3 Å². The van der Waals surface area contributed by atoms with Gasteiger partial charge in [-0.3, -0.25) is 4.79 Å². The third-order valence-corrected chi connectivity index (χ3v) is 3.60. The zero-order valence-electron chi connectivity index (χ0n) is 13.4. The van der Waals surface area contributed by atoms with Crippen LogP contribution in [0.3, 0.4) is 0 Å². The number of nitrogens with one attached hydrogen (secondary N) is 1. The SMILES string of the molecule is CCOC(=O)c1cccc2c1OB(O)[C@@H](NC(=O)CCC(F)(F)F)C2. The fourth-order valence-corrected chi connectivity index (χ4v) is 2.45. The number of hydrogen-bond donors (Lipinski definition) is 2. The van der Waals surface area contributed by atoms with E-state index in [-0.39, 0.29) is 24.3 Å². The number of amides is 1. The van der Waals surface area contributed by atoms with Gasteiger partial charge < -0.3 is 19.7 Å². The Labute approximate surface area is 142 Å². The lowest BCUT2D eigenvalue weighted by atomic mass is 9.72. The molecule has 10 heteroatoms. The van der Waals surface area contributed by atoms with Crippen LogP contribution in [0.2, 0.25) is 0 Å². The molecule has 1 amide bonds. The van der Waals surface area contributed by atoms with Crippen molar-refractivity contribution < 1.29 is 37.2 Å². The maximum Gasteiger partial charge on any atom is 0.547 e. The van der Waals surface area contributed by atoms with Gasteiger partial charge in [-0.15, -0.1) is 0 Å². The van der Waals surface area contributed by atoms with E-state index in [1.807, 2.05) is 0 Å². The number of ether oxygens (including phenoxy) is 1. The van der Waals surface area contributed by atoms with Gasteiger partial charge in [-0.2, -0.15) is 13.2 Å². The first-order chi connectivity index (χ1) is 11.7. The number of carbonyl (C=O) groups excluding carboxylic acids is 2. The van der Waals surface area contributed by atoms with Crippen molar-refractivity contribution >= 4 is 19.0 Å². The summed E-state index contributed by atoms with van der Waals surface area (Å²) < 4.78 is 46.7. The zero-order valence-corrected chi connectivity index (χ0v) is 13.4. The number of rotatable bonds is 5. The highest BCUT2D eigenvalue weighted by Crippen LogP contribution is 2.30. The summed E-state index contributed by atoms with van der Waals surface area (Å²) in [4.78, 5) is 23.5. The average molecular weight is 359 g/mol. The van der Waals surface area contributed by atoms with Crippen molar-refractivity contribution in [2.75, 3.05) is 6.61 Å². The van der Waals surface area contributed by atoms with Crippen LogP contribution in [0.15, 0.2) is 18.2 Å². The van der Waals surface area contributed by atoms with Crippen LogP contribution in [0.5, 0.6) is 5.75 Å². The average Bonchev–Trinajstić information content (AvgIpc) is 2.53. The summed E-state index contributed by atoms with van der Waals surface area (Å²) in [6.07, 6.45) is -6.30. The van der Waals surface area contributed by atoms with Crippen LogP contribution >= 0.6 is 0 Å². The molecule has 2 N–H and O–H groups in total. The Balaban J connectivity index is 2.07. The summed E-state index contributed by atoms with van der Waals surface area (Å²) in [5.41, 5.74) is 0.678. The highest BCUT2D eigenvalue weighted by Gasteiger charge is 2.38. The van der Waals surface area contributed by atoms with E-state index in [2.05, 4.69) is 5.32 Å². The van der Waals surface area contributed by atoms with Gasteiger partial charge in [0.05, 0.1) is 19.0 Å². The zero-order chi connectivity index (χ0) is 18.6. The lowest BCUT2D eigenvalue weighted by molar-refractivity contribution is -0.144. The first kappa shape index (κ1) is 19.1. The maximum absolute atomic E-state index is 12.2. The second kappa shape index (κ2) is 7.77. The molecule has 6 nitrogen and oxygen atoms in total. The van der Waals surface area contributed by atoms with E-state index in [0.29, 0.717) is 5.56 Å². The summed E-state index contributed by atoms with van der Waals surface area (Å²) in [6.45, 7) is 1.82. The molecule has 0 saturated carbocycles. The van der Waals surface area contributed by atoms with Gasteiger partial charge >= 0.3 is 19.3 Å². The largest absolute Gasteiger partial charge is 0.547 e. The van der Waals surface area contributed by atoms with Crippen LogP contribution in [0, 0.1) is 0 Å². The number of hydrogen-bond acceptors (Lipinski definition) is 5. The van der Waals surface area contributed by atoms with Gasteiger partial charge in [0.1, 0.15) is 11.3 Å². The monoisotopic (exact) mass is 359 g/mol. The minimum absolute atomic E-state index is 0.113. The number of carbonyl (C=O) groups is 2. The van der Waals surface area contributed by atoms with Crippen molar-refractivity contribution in [3.8, 4) is 5.75 Å². The predicted molar refractivity (Wildman–Crippen MR) is 81.9 cm³/mol. The van der Waals surface area contributed by atoms with Gasteiger partial charge in [-0.1, -0.05) is 12.1 Å². The van der Waals surface area contributed by atoms with Crippen molar-refractivity contribution in [2.45, 2.75) is 38.3 Å². The number of alkyl halides is 3. The Hall–Kier alpha value is -2.23. The number of fused-ring (bicyclic) bond motifs is 1. The number of halogens is 3. The van der Waals surface area contributed by atoms with Crippen LogP contribution in [0.25, 0.3) is 0 Å². The molecule has 0 aliphatic carbocycles. The molecule has 0 aromatic heterocycles. The molecule has 0 radical (unpaired) electrons. The molecule has 1 aromatic carbocycles. The van der Waals surface area contributed by atoms with Crippen LogP contribution in [-0.4, -0.2) is 42.7 Å². The van der Waals surface area contributed by atoms with Crippen molar-refractivity contribution in [1.82, 2.24) is 5.32 Å². The molecule has 0 bridgehead atoms. The van der Waals surface area contributed by atoms with Gasteiger partial charge in [-0.05, 0) is 25.0 Å². The molecule has 0 unspecified atom stereocenters. The highest BCUT2D eigenvalue weighted by atomic mass is 19.4. The Bertz CT molecular complexity index is 653. The third kappa shape index (κ3) is 5.12. The van der Waals surface area contributed by atoms with E-state index >= 15 is 0 Å². The number of benzene rings is 1. The number of para-hydroxylation sites is 1. The van der Waals surface area contributed by atoms with Gasteiger partial charge in [0.2, 0.25) is 5.91 Å². The van der Waals surface area contributed by atoms with E-state index in [1.165, 1.54) is 6.07 Å². The molecule has 1 atom stereocenters. The second-order valence-electron chi connectivity index (χ2n) is 5.52. The van der Waals surface area contributed by atoms with E-state index in [4.69, 9.17) is 9.39 Å². The molecule has 0 saturated heterocycles. The third-order valence-electron chi connectivity index (χ3n) is 3.60. The Morgan fingerprint density at radius 1 is 1.44 bits per heavy atom. The Morgan fingerprint density at radius 3 is 2.80 bits per heavy atom. The quantitative estimate of drug-likeness (QED) is 0.617. The summed E-state index contributed by atoms with van der Waals surface area (Å²) in [5, 5.41) is 12.3. The highest BCUT2D eigenvalue weighted by molar-refractivity contribution is 6.47. The van der Waals surface area contributed by atoms with Crippen molar-refractivity contribution in [1.29, 1.82) is 0 Å². The molecule has 136 valence electrons. The topological polar surface area (TPSA) is 84.9 Å². The molecule has 1 aliphatic rings. The van der Waals surface area contributed by atoms with Crippen molar-refractivity contribution in [2.24, 2.45) is 0 Å². The smallest absolute Gasteiger partial charge is 0.534 e. The normalized spacial score (nSPS) is 16.7. The second-order valence-corrected chi connectivity index (χ2v) is 5.52. The van der Waals surface area contributed by atoms with Crippen molar-refractivity contribution in [3.63, 3.8) is 0 Å². The molecular formula is C15H17BF3NO5. The number of esters is 1. The van der Waals surface area contributed by atoms with Gasteiger partial charge in [-0.25, -0.2) is 4.79 Å². The minimum Gasteiger partial charge on any atom is -0.534 e. The van der Waals surface area contributed by atoms with E-state index in [1.54, 1.807) is 19.1 Å². The van der Waals surface area contributed by atoms with Crippen LogP contribution < -0.4 is 9.97 Å². The standard InChI is InChI=1S/C15H17BF3NO5/c1-2-24-14(22)10-5-3-4-9-8-11(16(23)25-13(9)10)20-12(21)6-7-15(17,18)19/h3-5,11,23H,2,6-8H2,1H3,(H,20,21)/t11-/m0/s1. The molecule has 1 aromatic rings. The van der Waals surface area contributed by atoms with Gasteiger partial charge in [0, 0.05) is 6.42 Å². The molecule has 0 spiro atoms. The first-order valence-electron chi connectivity index (χ1n) is 7.71. The maximum atomic E-state index is 12.2. The molecular weight excluding hydrogens is 342 g/mol. The van der Waals surface area contributed by atoms with Crippen LogP contribution in [-0.2, 0) is 16.0 Å². The van der Waals surface area contributed by atoms with E-state index < -0.39 is 44.0 Å². The predicted octanol–water partition coefficient (Wildman–Crippen LogP) is 1.65. The molecule has 1 aliphatic heterocycles. The molecule has 2 rings (SSSR count). The summed E-state index contributed by atoms with van der Waals surface area (Å²) in [5.74, 6) is -2.21. The first-order valence-corrected chi connectivity index (χ1v) is 7.71. The Morgan fingerprint density at radius 2 is 2.16 bits per heavy atom. The van der Waals surface area contributed by atoms with E-state index in [9.17, 15) is 27.8 Å². The summed E-state index contributed by atoms with van der Waals surface area (Å²) in [6, 6.07) is 4.71. The molecule has 25 heavy (non-hydrogen) atoms.